The molecule has 1 heterocycles. The Kier molecular flexibility index (Phi) is 3.51. The van der Waals surface area contributed by atoms with E-state index in [2.05, 4.69) is 36.6 Å². The van der Waals surface area contributed by atoms with Crippen molar-refractivity contribution in [3.63, 3.8) is 0 Å². The number of hydrogen-bond donors (Lipinski definition) is 1. The maximum atomic E-state index is 10.6. The Morgan fingerprint density at radius 3 is 2.44 bits per heavy atom. The van der Waals surface area contributed by atoms with Gasteiger partial charge in [-0.25, -0.2) is 0 Å². The molecule has 0 fully saturated rings. The number of aromatic nitrogens is 1. The Balaban J connectivity index is 2.30. The highest BCUT2D eigenvalue weighted by atomic mass is 16.4. The first-order valence-corrected chi connectivity index (χ1v) is 6.04. The number of carboxylic acids is 1. The summed E-state index contributed by atoms with van der Waals surface area (Å²) in [6.07, 6.45) is 0.746. The van der Waals surface area contributed by atoms with Gasteiger partial charge in [0.15, 0.2) is 0 Å². The molecule has 0 atom stereocenters. The lowest BCUT2D eigenvalue weighted by Crippen LogP contribution is -2.01. The fourth-order valence-electron chi connectivity index (χ4n) is 2.18. The minimum atomic E-state index is -0.756. The van der Waals surface area contributed by atoms with E-state index in [1.165, 1.54) is 11.4 Å². The van der Waals surface area contributed by atoms with Crippen LogP contribution >= 0.6 is 0 Å². The second kappa shape index (κ2) is 5.08. The third kappa shape index (κ3) is 2.62. The predicted molar refractivity (Wildman–Crippen MR) is 71.2 cm³/mol. The van der Waals surface area contributed by atoms with Gasteiger partial charge >= 0.3 is 5.97 Å². The van der Waals surface area contributed by atoms with E-state index >= 15 is 0 Å². The van der Waals surface area contributed by atoms with Gasteiger partial charge in [0, 0.05) is 23.5 Å². The van der Waals surface area contributed by atoms with Crippen molar-refractivity contribution in [1.29, 1.82) is 0 Å². The molecule has 1 aromatic heterocycles. The van der Waals surface area contributed by atoms with Crippen molar-refractivity contribution in [2.75, 3.05) is 0 Å². The molecule has 1 N–H and O–H groups in total. The molecule has 0 saturated carbocycles. The first-order valence-electron chi connectivity index (χ1n) is 6.04. The molecule has 1 aromatic carbocycles. The van der Waals surface area contributed by atoms with Crippen molar-refractivity contribution in [2.24, 2.45) is 0 Å². The number of hydrogen-bond acceptors (Lipinski definition) is 1. The van der Waals surface area contributed by atoms with Crippen LogP contribution in [0.15, 0.2) is 36.4 Å². The number of aliphatic carboxylic acids is 1. The highest BCUT2D eigenvalue weighted by Gasteiger charge is 2.05. The molecule has 0 unspecified atom stereocenters. The van der Waals surface area contributed by atoms with E-state index in [0.717, 1.165) is 11.3 Å². The summed E-state index contributed by atoms with van der Waals surface area (Å²) in [6, 6.07) is 12.2. The van der Waals surface area contributed by atoms with Gasteiger partial charge in [0.05, 0.1) is 0 Å². The molecule has 2 rings (SSSR count). The fourth-order valence-corrected chi connectivity index (χ4v) is 2.18. The summed E-state index contributed by atoms with van der Waals surface area (Å²) in [5, 5.41) is 8.71. The lowest BCUT2D eigenvalue weighted by Gasteiger charge is -2.10. The molecular weight excluding hydrogens is 226 g/mol. The average Bonchev–Trinajstić information content (AvgIpc) is 2.67. The van der Waals surface area contributed by atoms with E-state index in [0.29, 0.717) is 6.42 Å². The number of aryl methyl sites for hydroxylation is 3. The van der Waals surface area contributed by atoms with Crippen molar-refractivity contribution in [3.8, 4) is 5.69 Å². The van der Waals surface area contributed by atoms with E-state index in [1.54, 1.807) is 0 Å². The van der Waals surface area contributed by atoms with Crippen LogP contribution in [0, 0.1) is 13.8 Å². The summed E-state index contributed by atoms with van der Waals surface area (Å²) in [5.74, 6) is -0.756. The quantitative estimate of drug-likeness (QED) is 0.896. The van der Waals surface area contributed by atoms with Gasteiger partial charge in [0.25, 0.3) is 0 Å². The minimum absolute atomic E-state index is 0.174. The standard InChI is InChI=1S/C15H17NO2/c1-11-6-7-12(2)16(11)14-5-3-4-13(10-14)8-9-15(17)18/h3-7,10H,8-9H2,1-2H3,(H,17,18). The average molecular weight is 243 g/mol. The maximum absolute atomic E-state index is 10.6. The van der Waals surface area contributed by atoms with E-state index in [9.17, 15) is 4.79 Å². The van der Waals surface area contributed by atoms with Gasteiger partial charge in [-0.15, -0.1) is 0 Å². The molecule has 18 heavy (non-hydrogen) atoms. The summed E-state index contributed by atoms with van der Waals surface area (Å²) >= 11 is 0. The third-order valence-electron chi connectivity index (χ3n) is 3.07. The van der Waals surface area contributed by atoms with Gasteiger partial charge in [-0.05, 0) is 50.1 Å². The predicted octanol–water partition coefficient (Wildman–Crippen LogP) is 3.11. The molecule has 3 heteroatoms. The Hall–Kier alpha value is -2.03. The van der Waals surface area contributed by atoms with Crippen molar-refractivity contribution >= 4 is 5.97 Å². The van der Waals surface area contributed by atoms with Crippen molar-refractivity contribution < 1.29 is 9.90 Å². The van der Waals surface area contributed by atoms with E-state index in [-0.39, 0.29) is 6.42 Å². The van der Waals surface area contributed by atoms with Crippen molar-refractivity contribution in [3.05, 3.63) is 53.3 Å². The molecular formula is C15H17NO2. The SMILES string of the molecule is Cc1ccc(C)n1-c1cccc(CCC(=O)O)c1. The van der Waals surface area contributed by atoms with Crippen LogP contribution in [-0.2, 0) is 11.2 Å². The van der Waals surface area contributed by atoms with Gasteiger partial charge in [0.1, 0.15) is 0 Å². The zero-order chi connectivity index (χ0) is 13.1. The van der Waals surface area contributed by atoms with E-state index in [4.69, 9.17) is 5.11 Å². The summed E-state index contributed by atoms with van der Waals surface area (Å²) in [5.41, 5.74) is 4.52. The first-order chi connectivity index (χ1) is 8.58. The topological polar surface area (TPSA) is 42.2 Å². The Morgan fingerprint density at radius 1 is 1.17 bits per heavy atom. The molecule has 0 aliphatic rings. The van der Waals surface area contributed by atoms with Crippen LogP contribution in [0.4, 0.5) is 0 Å². The molecule has 94 valence electrons. The molecule has 3 nitrogen and oxygen atoms in total. The zero-order valence-corrected chi connectivity index (χ0v) is 10.7. The van der Waals surface area contributed by atoms with Crippen LogP contribution in [0.5, 0.6) is 0 Å². The summed E-state index contributed by atoms with van der Waals surface area (Å²) in [6.45, 7) is 4.13. The lowest BCUT2D eigenvalue weighted by atomic mass is 10.1. The first kappa shape index (κ1) is 12.4. The number of benzene rings is 1. The molecule has 0 saturated heterocycles. The van der Waals surface area contributed by atoms with E-state index in [1.807, 2.05) is 18.2 Å². The van der Waals surface area contributed by atoms with Crippen molar-refractivity contribution in [2.45, 2.75) is 26.7 Å². The Morgan fingerprint density at radius 2 is 1.83 bits per heavy atom. The molecule has 0 bridgehead atoms. The van der Waals surface area contributed by atoms with Crippen LogP contribution in [0.3, 0.4) is 0 Å². The van der Waals surface area contributed by atoms with Crippen LogP contribution in [0.2, 0.25) is 0 Å². The molecule has 0 aliphatic heterocycles. The Bertz CT molecular complexity index is 550. The van der Waals surface area contributed by atoms with Gasteiger partial charge in [-0.3, -0.25) is 4.79 Å². The highest BCUT2D eigenvalue weighted by molar-refractivity contribution is 5.67. The Labute approximate surface area is 107 Å². The molecule has 0 spiro atoms. The summed E-state index contributed by atoms with van der Waals surface area (Å²) < 4.78 is 2.17. The number of rotatable bonds is 4. The molecule has 2 aromatic rings. The van der Waals surface area contributed by atoms with Crippen LogP contribution < -0.4 is 0 Å². The number of nitrogens with zero attached hydrogens (tertiary/aromatic N) is 1. The summed E-state index contributed by atoms with van der Waals surface area (Å²) in [7, 11) is 0. The molecule has 0 radical (unpaired) electrons. The highest BCUT2D eigenvalue weighted by Crippen LogP contribution is 2.18. The number of carbonyl (C=O) groups is 1. The van der Waals surface area contributed by atoms with Gasteiger partial charge < -0.3 is 9.67 Å². The normalized spacial score (nSPS) is 10.6. The van der Waals surface area contributed by atoms with Gasteiger partial charge in [0.2, 0.25) is 0 Å². The van der Waals surface area contributed by atoms with Crippen molar-refractivity contribution in [1.82, 2.24) is 4.57 Å². The lowest BCUT2D eigenvalue weighted by molar-refractivity contribution is -0.136. The number of carboxylic acid groups (broad SMARTS) is 1. The van der Waals surface area contributed by atoms with Crippen LogP contribution in [0.25, 0.3) is 5.69 Å². The van der Waals surface area contributed by atoms with Gasteiger partial charge in [-0.2, -0.15) is 0 Å². The van der Waals surface area contributed by atoms with E-state index < -0.39 is 5.97 Å². The van der Waals surface area contributed by atoms with Crippen LogP contribution in [0.1, 0.15) is 23.4 Å². The zero-order valence-electron chi connectivity index (χ0n) is 10.7. The molecule has 0 amide bonds. The third-order valence-corrected chi connectivity index (χ3v) is 3.07. The fraction of sp³-hybridized carbons (Fsp3) is 0.267. The summed E-state index contributed by atoms with van der Waals surface area (Å²) in [4.78, 5) is 10.6. The second-order valence-electron chi connectivity index (χ2n) is 4.52. The smallest absolute Gasteiger partial charge is 0.303 e. The second-order valence-corrected chi connectivity index (χ2v) is 4.52. The maximum Gasteiger partial charge on any atom is 0.303 e. The molecule has 0 aliphatic carbocycles. The largest absolute Gasteiger partial charge is 0.481 e. The monoisotopic (exact) mass is 243 g/mol. The van der Waals surface area contributed by atoms with Gasteiger partial charge in [-0.1, -0.05) is 12.1 Å². The minimum Gasteiger partial charge on any atom is -0.481 e. The van der Waals surface area contributed by atoms with Crippen LogP contribution in [-0.4, -0.2) is 15.6 Å².